The number of hydrogen-bond donors (Lipinski definition) is 3. The molecule has 0 spiro atoms. The van der Waals surface area contributed by atoms with Crippen molar-refractivity contribution in [1.29, 1.82) is 5.26 Å². The van der Waals surface area contributed by atoms with E-state index in [9.17, 15) is 4.79 Å². The van der Waals surface area contributed by atoms with Crippen LogP contribution in [0.5, 0.6) is 0 Å². The molecule has 1 atom stereocenters. The van der Waals surface area contributed by atoms with Crippen LogP contribution in [-0.2, 0) is 4.79 Å². The molecule has 0 amide bonds. The molecule has 0 aromatic heterocycles. The Morgan fingerprint density at radius 1 is 1.57 bits per heavy atom. The lowest BCUT2D eigenvalue weighted by molar-refractivity contribution is -0.138. The Bertz CT molecular complexity index is 409. The van der Waals surface area contributed by atoms with Gasteiger partial charge in [-0.1, -0.05) is 6.07 Å². The number of aliphatic carboxylic acids is 1. The molecule has 1 aromatic rings. The second-order valence-corrected chi connectivity index (χ2v) is 2.77. The third kappa shape index (κ3) is 1.81. The molecule has 0 saturated carbocycles. The average molecular weight is 191 g/mol. The molecular weight excluding hydrogens is 182 g/mol. The quantitative estimate of drug-likeness (QED) is 0.579. The Morgan fingerprint density at radius 2 is 2.21 bits per heavy atom. The van der Waals surface area contributed by atoms with Gasteiger partial charge in [0.05, 0.1) is 5.56 Å². The van der Waals surface area contributed by atoms with Crippen molar-refractivity contribution in [1.82, 2.24) is 0 Å². The van der Waals surface area contributed by atoms with Crippen LogP contribution < -0.4 is 11.5 Å². The fourth-order valence-corrected chi connectivity index (χ4v) is 1.02. The molecular formula is C9H9N3O2. The van der Waals surface area contributed by atoms with E-state index in [1.807, 2.05) is 6.07 Å². The lowest BCUT2D eigenvalue weighted by atomic mass is 10.0. The highest BCUT2D eigenvalue weighted by atomic mass is 16.4. The molecule has 0 unspecified atom stereocenters. The van der Waals surface area contributed by atoms with Crippen molar-refractivity contribution < 1.29 is 9.90 Å². The van der Waals surface area contributed by atoms with Crippen molar-refractivity contribution in [2.24, 2.45) is 5.73 Å². The first-order valence-electron chi connectivity index (χ1n) is 3.84. The Kier molecular flexibility index (Phi) is 2.70. The van der Waals surface area contributed by atoms with Gasteiger partial charge in [-0.25, -0.2) is 0 Å². The van der Waals surface area contributed by atoms with E-state index in [0.717, 1.165) is 0 Å². The van der Waals surface area contributed by atoms with Gasteiger partial charge in [0, 0.05) is 5.69 Å². The van der Waals surface area contributed by atoms with Crippen molar-refractivity contribution in [2.45, 2.75) is 6.04 Å². The van der Waals surface area contributed by atoms with E-state index in [1.54, 1.807) is 0 Å². The fraction of sp³-hybridized carbons (Fsp3) is 0.111. The summed E-state index contributed by atoms with van der Waals surface area (Å²) in [6.45, 7) is 0. The minimum absolute atomic E-state index is 0.238. The summed E-state index contributed by atoms with van der Waals surface area (Å²) in [5.74, 6) is -1.13. The van der Waals surface area contributed by atoms with Gasteiger partial charge >= 0.3 is 5.97 Å². The molecule has 0 saturated heterocycles. The van der Waals surface area contributed by atoms with Gasteiger partial charge in [0.25, 0.3) is 0 Å². The van der Waals surface area contributed by atoms with Crippen LogP contribution in [0.2, 0.25) is 0 Å². The zero-order valence-corrected chi connectivity index (χ0v) is 7.27. The summed E-state index contributed by atoms with van der Waals surface area (Å²) in [4.78, 5) is 10.5. The highest BCUT2D eigenvalue weighted by molar-refractivity contribution is 5.76. The van der Waals surface area contributed by atoms with Crippen LogP contribution in [0.25, 0.3) is 0 Å². The van der Waals surface area contributed by atoms with Crippen LogP contribution in [0, 0.1) is 11.3 Å². The topological polar surface area (TPSA) is 113 Å². The summed E-state index contributed by atoms with van der Waals surface area (Å²) in [5.41, 5.74) is 11.8. The van der Waals surface area contributed by atoms with E-state index in [-0.39, 0.29) is 5.69 Å². The molecule has 0 aliphatic rings. The van der Waals surface area contributed by atoms with Crippen LogP contribution in [0.1, 0.15) is 17.2 Å². The Morgan fingerprint density at radius 3 is 2.64 bits per heavy atom. The van der Waals surface area contributed by atoms with Crippen molar-refractivity contribution in [3.63, 3.8) is 0 Å². The molecule has 72 valence electrons. The number of nitrogens with zero attached hydrogens (tertiary/aromatic N) is 1. The molecule has 0 heterocycles. The highest BCUT2D eigenvalue weighted by Gasteiger charge is 2.14. The van der Waals surface area contributed by atoms with Gasteiger partial charge in [-0.15, -0.1) is 0 Å². The molecule has 14 heavy (non-hydrogen) atoms. The maximum atomic E-state index is 10.5. The Balaban J connectivity index is 3.10. The SMILES string of the molecule is N#Cc1ccc([C@@H](N)C(=O)O)cc1N. The van der Waals surface area contributed by atoms with Crippen LogP contribution in [-0.4, -0.2) is 11.1 Å². The Labute approximate surface area is 80.6 Å². The zero-order chi connectivity index (χ0) is 10.7. The van der Waals surface area contributed by atoms with Crippen LogP contribution in [0.3, 0.4) is 0 Å². The van der Waals surface area contributed by atoms with Crippen molar-refractivity contribution >= 4 is 11.7 Å². The van der Waals surface area contributed by atoms with E-state index in [0.29, 0.717) is 11.1 Å². The zero-order valence-electron chi connectivity index (χ0n) is 7.27. The lowest BCUT2D eigenvalue weighted by Crippen LogP contribution is -2.20. The fourth-order valence-electron chi connectivity index (χ4n) is 1.02. The molecule has 5 heteroatoms. The number of nitriles is 1. The van der Waals surface area contributed by atoms with Gasteiger partial charge in [-0.2, -0.15) is 5.26 Å². The number of anilines is 1. The van der Waals surface area contributed by atoms with Gasteiger partial charge < -0.3 is 16.6 Å². The predicted molar refractivity (Wildman–Crippen MR) is 50.1 cm³/mol. The molecule has 0 fully saturated rings. The molecule has 5 nitrogen and oxygen atoms in total. The van der Waals surface area contributed by atoms with E-state index in [1.165, 1.54) is 18.2 Å². The second-order valence-electron chi connectivity index (χ2n) is 2.77. The standard InChI is InChI=1S/C9H9N3O2/c10-4-6-2-1-5(3-7(6)11)8(12)9(13)14/h1-3,8H,11-12H2,(H,13,14)/t8-/m1/s1. The number of nitrogen functional groups attached to an aromatic ring is 1. The molecule has 0 radical (unpaired) electrons. The highest BCUT2D eigenvalue weighted by Crippen LogP contribution is 2.17. The molecule has 1 aromatic carbocycles. The summed E-state index contributed by atoms with van der Waals surface area (Å²) in [5, 5.41) is 17.2. The molecule has 0 aliphatic carbocycles. The van der Waals surface area contributed by atoms with Gasteiger partial charge in [0.1, 0.15) is 12.1 Å². The summed E-state index contributed by atoms with van der Waals surface area (Å²) >= 11 is 0. The molecule has 1 rings (SSSR count). The van der Waals surface area contributed by atoms with E-state index in [2.05, 4.69) is 0 Å². The first kappa shape index (κ1) is 10.0. The third-order valence-electron chi connectivity index (χ3n) is 1.82. The molecule has 0 bridgehead atoms. The number of carboxylic acids is 1. The number of carbonyl (C=O) groups is 1. The first-order valence-corrected chi connectivity index (χ1v) is 3.84. The number of nitrogens with two attached hydrogens (primary N) is 2. The third-order valence-corrected chi connectivity index (χ3v) is 1.82. The summed E-state index contributed by atoms with van der Waals surface area (Å²) < 4.78 is 0. The predicted octanol–water partition coefficient (Wildman–Crippen LogP) is 0.225. The van der Waals surface area contributed by atoms with Crippen molar-refractivity contribution in [3.8, 4) is 6.07 Å². The molecule has 0 aliphatic heterocycles. The normalized spacial score (nSPS) is 11.7. The number of carboxylic acid groups (broad SMARTS) is 1. The molecule has 5 N–H and O–H groups in total. The average Bonchev–Trinajstić information content (AvgIpc) is 2.16. The van der Waals surface area contributed by atoms with Gasteiger partial charge in [0.15, 0.2) is 0 Å². The van der Waals surface area contributed by atoms with E-state index in [4.69, 9.17) is 21.8 Å². The smallest absolute Gasteiger partial charge is 0.325 e. The van der Waals surface area contributed by atoms with Crippen molar-refractivity contribution in [2.75, 3.05) is 5.73 Å². The lowest BCUT2D eigenvalue weighted by Gasteiger charge is -2.07. The van der Waals surface area contributed by atoms with E-state index >= 15 is 0 Å². The monoisotopic (exact) mass is 191 g/mol. The number of hydrogen-bond acceptors (Lipinski definition) is 4. The maximum Gasteiger partial charge on any atom is 0.325 e. The minimum atomic E-state index is -1.13. The van der Waals surface area contributed by atoms with Gasteiger partial charge in [-0.3, -0.25) is 4.79 Å². The summed E-state index contributed by atoms with van der Waals surface area (Å²) in [7, 11) is 0. The first-order chi connectivity index (χ1) is 6.56. The van der Waals surface area contributed by atoms with Crippen LogP contribution in [0.15, 0.2) is 18.2 Å². The van der Waals surface area contributed by atoms with Crippen LogP contribution >= 0.6 is 0 Å². The van der Waals surface area contributed by atoms with Gasteiger partial charge in [-0.05, 0) is 17.7 Å². The summed E-state index contributed by atoms with van der Waals surface area (Å²) in [6.07, 6.45) is 0. The van der Waals surface area contributed by atoms with E-state index < -0.39 is 12.0 Å². The van der Waals surface area contributed by atoms with Crippen LogP contribution in [0.4, 0.5) is 5.69 Å². The Hall–Kier alpha value is -2.06. The van der Waals surface area contributed by atoms with Crippen molar-refractivity contribution in [3.05, 3.63) is 29.3 Å². The second kappa shape index (κ2) is 3.77. The largest absolute Gasteiger partial charge is 0.480 e. The summed E-state index contributed by atoms with van der Waals surface area (Å²) in [6, 6.07) is 5.10. The maximum absolute atomic E-state index is 10.5. The van der Waals surface area contributed by atoms with Gasteiger partial charge in [0.2, 0.25) is 0 Å². The number of benzene rings is 1. The number of rotatable bonds is 2. The minimum Gasteiger partial charge on any atom is -0.480 e.